The second kappa shape index (κ2) is 7.33. The van der Waals surface area contributed by atoms with Gasteiger partial charge in [0, 0.05) is 20.6 Å². The molecular weight excluding hydrogens is 344 g/mol. The van der Waals surface area contributed by atoms with E-state index in [1.54, 1.807) is 20.9 Å². The average Bonchev–Trinajstić information content (AvgIpc) is 3.13. The van der Waals surface area contributed by atoms with E-state index in [0.29, 0.717) is 0 Å². The van der Waals surface area contributed by atoms with E-state index in [0.717, 1.165) is 4.90 Å². The third-order valence-corrected chi connectivity index (χ3v) is 3.81. The first-order valence-corrected chi connectivity index (χ1v) is 7.93. The number of nitrogens with zero attached hydrogens (tertiary/aromatic N) is 6. The van der Waals surface area contributed by atoms with Gasteiger partial charge in [0.1, 0.15) is 17.1 Å². The molecule has 11 nitrogen and oxygen atoms in total. The topological polar surface area (TPSA) is 125 Å². The first kappa shape index (κ1) is 19.1. The molecule has 0 saturated heterocycles. The average molecular weight is 364 g/mol. The molecule has 26 heavy (non-hydrogen) atoms. The normalized spacial score (nSPS) is 10.7. The van der Waals surface area contributed by atoms with Gasteiger partial charge in [0.05, 0.1) is 17.7 Å². The summed E-state index contributed by atoms with van der Waals surface area (Å²) in [5, 5.41) is 19.4. The lowest BCUT2D eigenvalue weighted by molar-refractivity contribution is -0.385. The smallest absolute Gasteiger partial charge is 0.343 e. The van der Waals surface area contributed by atoms with Crippen molar-refractivity contribution < 1.29 is 19.2 Å². The number of carbonyl (C=O) groups is 2. The van der Waals surface area contributed by atoms with Gasteiger partial charge in [0.2, 0.25) is 5.69 Å². The Balaban J connectivity index is 2.55. The molecule has 11 heteroatoms. The Bertz CT molecular complexity index is 868. The highest BCUT2D eigenvalue weighted by Crippen LogP contribution is 2.27. The minimum absolute atomic E-state index is 0.0899. The highest BCUT2D eigenvalue weighted by atomic mass is 16.6. The van der Waals surface area contributed by atoms with Crippen molar-refractivity contribution in [1.82, 2.24) is 19.6 Å². The third kappa shape index (κ3) is 3.15. The minimum Gasteiger partial charge on any atom is -0.462 e. The molecule has 2 aromatic heterocycles. The van der Waals surface area contributed by atoms with Crippen LogP contribution in [0.25, 0.3) is 0 Å². The van der Waals surface area contributed by atoms with Gasteiger partial charge in [0.25, 0.3) is 5.91 Å². The molecule has 0 atom stereocenters. The lowest BCUT2D eigenvalue weighted by Gasteiger charge is -2.18. The van der Waals surface area contributed by atoms with Gasteiger partial charge >= 0.3 is 11.7 Å². The number of anilines is 1. The summed E-state index contributed by atoms with van der Waals surface area (Å²) in [7, 11) is 2.97. The van der Waals surface area contributed by atoms with Gasteiger partial charge < -0.3 is 4.74 Å². The fraction of sp³-hybridized carbons (Fsp3) is 0.467. The number of rotatable bonds is 6. The number of aromatic nitrogens is 4. The maximum atomic E-state index is 13.0. The Kier molecular flexibility index (Phi) is 5.38. The molecule has 0 saturated carbocycles. The second-order valence-corrected chi connectivity index (χ2v) is 5.45. The van der Waals surface area contributed by atoms with E-state index in [1.807, 2.05) is 0 Å². The molecule has 140 valence electrons. The predicted molar refractivity (Wildman–Crippen MR) is 91.2 cm³/mol. The van der Waals surface area contributed by atoms with Gasteiger partial charge in [-0.3, -0.25) is 29.2 Å². The molecule has 0 spiro atoms. The number of aryl methyl sites for hydroxylation is 3. The van der Waals surface area contributed by atoms with Crippen LogP contribution in [-0.4, -0.2) is 50.0 Å². The van der Waals surface area contributed by atoms with Crippen LogP contribution in [0.4, 0.5) is 11.5 Å². The van der Waals surface area contributed by atoms with Crippen molar-refractivity contribution in [3.63, 3.8) is 0 Å². The fourth-order valence-electron chi connectivity index (χ4n) is 2.67. The monoisotopic (exact) mass is 364 g/mol. The van der Waals surface area contributed by atoms with Crippen molar-refractivity contribution in [2.75, 3.05) is 18.6 Å². The van der Waals surface area contributed by atoms with E-state index in [2.05, 4.69) is 10.2 Å². The first-order chi connectivity index (χ1) is 12.2. The molecule has 0 aliphatic heterocycles. The van der Waals surface area contributed by atoms with Crippen LogP contribution in [0.15, 0.2) is 6.20 Å². The highest BCUT2D eigenvalue weighted by Gasteiger charge is 2.34. The molecule has 0 aliphatic rings. The van der Waals surface area contributed by atoms with Gasteiger partial charge in [-0.15, -0.1) is 0 Å². The summed E-state index contributed by atoms with van der Waals surface area (Å²) in [6.07, 6.45) is 1.29. The molecule has 2 heterocycles. The molecule has 0 N–H and O–H groups in total. The van der Waals surface area contributed by atoms with E-state index < -0.39 is 16.8 Å². The van der Waals surface area contributed by atoms with Crippen molar-refractivity contribution in [1.29, 1.82) is 0 Å². The maximum Gasteiger partial charge on any atom is 0.343 e. The summed E-state index contributed by atoms with van der Waals surface area (Å²) in [5.74, 6) is -1.14. The maximum absolute atomic E-state index is 13.0. The molecule has 0 aromatic carbocycles. The number of hydrogen-bond acceptors (Lipinski definition) is 7. The Hall–Kier alpha value is -3.24. The molecular formula is C15H20N6O5. The van der Waals surface area contributed by atoms with Crippen LogP contribution < -0.4 is 4.90 Å². The van der Waals surface area contributed by atoms with E-state index in [9.17, 15) is 19.7 Å². The first-order valence-electron chi connectivity index (χ1n) is 7.93. The Morgan fingerprint density at radius 2 is 2.04 bits per heavy atom. The van der Waals surface area contributed by atoms with Gasteiger partial charge in [-0.1, -0.05) is 0 Å². The minimum atomic E-state index is -0.673. The SMILES string of the molecule is CCOC(=O)c1cnn(C)c1N(C)C(=O)c1c([N+](=O)[O-])c(C)nn1CC. The zero-order valence-electron chi connectivity index (χ0n) is 15.2. The van der Waals surface area contributed by atoms with Crippen molar-refractivity contribution >= 4 is 23.4 Å². The van der Waals surface area contributed by atoms with Crippen LogP contribution in [0.2, 0.25) is 0 Å². The summed E-state index contributed by atoms with van der Waals surface area (Å²) in [5.41, 5.74) is -0.284. The van der Waals surface area contributed by atoms with Crippen molar-refractivity contribution in [3.8, 4) is 0 Å². The van der Waals surface area contributed by atoms with Crippen LogP contribution >= 0.6 is 0 Å². The van der Waals surface area contributed by atoms with Crippen LogP contribution in [-0.2, 0) is 18.3 Å². The van der Waals surface area contributed by atoms with Crippen LogP contribution in [0.1, 0.15) is 40.4 Å². The molecule has 2 rings (SSSR count). The molecule has 2 aromatic rings. The number of esters is 1. The van der Waals surface area contributed by atoms with Crippen LogP contribution in [0.5, 0.6) is 0 Å². The van der Waals surface area contributed by atoms with Crippen molar-refractivity contribution in [2.45, 2.75) is 27.3 Å². The lowest BCUT2D eigenvalue weighted by Crippen LogP contribution is -2.32. The summed E-state index contributed by atoms with van der Waals surface area (Å²) in [6.45, 7) is 5.29. The number of amides is 1. The lowest BCUT2D eigenvalue weighted by atomic mass is 10.2. The summed E-state index contributed by atoms with van der Waals surface area (Å²) in [4.78, 5) is 37.0. The quantitative estimate of drug-likeness (QED) is 0.430. The molecule has 1 amide bonds. The summed E-state index contributed by atoms with van der Waals surface area (Å²) >= 11 is 0. The van der Waals surface area contributed by atoms with Gasteiger partial charge in [-0.25, -0.2) is 4.79 Å². The standard InChI is InChI=1S/C15H20N6O5/c1-6-20-12(11(21(24)25)9(3)17-20)14(22)18(4)13-10(8-16-19(13)5)15(23)26-7-2/h8H,6-7H2,1-5H3. The molecule has 0 aliphatic carbocycles. The summed E-state index contributed by atoms with van der Waals surface area (Å²) in [6, 6.07) is 0. The van der Waals surface area contributed by atoms with E-state index in [1.165, 1.54) is 29.5 Å². The number of nitro groups is 1. The zero-order valence-corrected chi connectivity index (χ0v) is 15.2. The van der Waals surface area contributed by atoms with E-state index in [-0.39, 0.29) is 41.6 Å². The second-order valence-electron chi connectivity index (χ2n) is 5.45. The van der Waals surface area contributed by atoms with E-state index in [4.69, 9.17) is 4.74 Å². The Labute approximate surface area is 149 Å². The number of carbonyl (C=O) groups excluding carboxylic acids is 2. The molecule has 0 fully saturated rings. The van der Waals surface area contributed by atoms with Crippen LogP contribution in [0, 0.1) is 17.0 Å². The highest BCUT2D eigenvalue weighted by molar-refractivity contribution is 6.09. The Morgan fingerprint density at radius 3 is 2.58 bits per heavy atom. The zero-order chi connectivity index (χ0) is 19.6. The fourth-order valence-corrected chi connectivity index (χ4v) is 2.67. The molecule has 0 unspecified atom stereocenters. The molecule has 0 radical (unpaired) electrons. The number of hydrogen-bond donors (Lipinski definition) is 0. The predicted octanol–water partition coefficient (Wildman–Crippen LogP) is 1.31. The Morgan fingerprint density at radius 1 is 1.38 bits per heavy atom. The van der Waals surface area contributed by atoms with Gasteiger partial charge in [-0.2, -0.15) is 10.2 Å². The van der Waals surface area contributed by atoms with Gasteiger partial charge in [-0.05, 0) is 20.8 Å². The molecule has 0 bridgehead atoms. The van der Waals surface area contributed by atoms with Crippen LogP contribution in [0.3, 0.4) is 0 Å². The van der Waals surface area contributed by atoms with Crippen molar-refractivity contribution in [3.05, 3.63) is 33.3 Å². The van der Waals surface area contributed by atoms with Gasteiger partial charge in [0.15, 0.2) is 0 Å². The van der Waals surface area contributed by atoms with Crippen molar-refractivity contribution in [2.24, 2.45) is 7.05 Å². The van der Waals surface area contributed by atoms with E-state index >= 15 is 0 Å². The third-order valence-electron chi connectivity index (χ3n) is 3.81. The summed E-state index contributed by atoms with van der Waals surface area (Å²) < 4.78 is 7.57. The largest absolute Gasteiger partial charge is 0.462 e. The number of ether oxygens (including phenoxy) is 1.